The normalized spacial score (nSPS) is 27.0. The van der Waals surface area contributed by atoms with Crippen molar-refractivity contribution in [3.05, 3.63) is 18.5 Å². The number of hydrogen-bond acceptors (Lipinski definition) is 6. The monoisotopic (exact) mass is 429 g/mol. The molecule has 7 heteroatoms. The van der Waals surface area contributed by atoms with Crippen LogP contribution < -0.4 is 4.90 Å². The minimum Gasteiger partial charge on any atom is -0.385 e. The van der Waals surface area contributed by atoms with Crippen LogP contribution in [0.4, 0.5) is 5.95 Å². The van der Waals surface area contributed by atoms with Gasteiger partial charge < -0.3 is 19.4 Å². The molecule has 0 spiro atoms. The molecule has 4 rings (SSSR count). The number of ether oxygens (including phenoxy) is 1. The molecule has 0 unspecified atom stereocenters. The molecular formula is C24H39N5O2. The summed E-state index contributed by atoms with van der Waals surface area (Å²) >= 11 is 0. The van der Waals surface area contributed by atoms with Crippen LogP contribution >= 0.6 is 0 Å². The number of rotatable bonds is 8. The molecule has 0 radical (unpaired) electrons. The van der Waals surface area contributed by atoms with Gasteiger partial charge >= 0.3 is 0 Å². The van der Waals surface area contributed by atoms with Crippen LogP contribution in [-0.2, 0) is 9.53 Å². The molecule has 3 aliphatic rings. The lowest BCUT2D eigenvalue weighted by Gasteiger charge is -2.46. The lowest BCUT2D eigenvalue weighted by atomic mass is 9.83. The Morgan fingerprint density at radius 1 is 1.10 bits per heavy atom. The fourth-order valence-electron chi connectivity index (χ4n) is 5.84. The maximum atomic E-state index is 13.7. The van der Waals surface area contributed by atoms with Gasteiger partial charge in [-0.25, -0.2) is 9.97 Å². The first-order chi connectivity index (χ1) is 15.3. The first-order valence-electron chi connectivity index (χ1n) is 12.3. The van der Waals surface area contributed by atoms with E-state index >= 15 is 0 Å². The lowest BCUT2D eigenvalue weighted by Crippen LogP contribution is -2.53. The molecule has 3 atom stereocenters. The molecule has 0 aromatic carbocycles. The topological polar surface area (TPSA) is 61.8 Å². The maximum absolute atomic E-state index is 13.7. The molecular weight excluding hydrogens is 390 g/mol. The van der Waals surface area contributed by atoms with Crippen molar-refractivity contribution < 1.29 is 9.53 Å². The van der Waals surface area contributed by atoms with Crippen LogP contribution in [0, 0.1) is 11.8 Å². The van der Waals surface area contributed by atoms with E-state index in [9.17, 15) is 4.79 Å². The first kappa shape index (κ1) is 22.5. The highest BCUT2D eigenvalue weighted by atomic mass is 16.5. The van der Waals surface area contributed by atoms with Crippen LogP contribution in [0.2, 0.25) is 0 Å². The Morgan fingerprint density at radius 3 is 2.74 bits per heavy atom. The molecule has 1 aromatic rings. The van der Waals surface area contributed by atoms with Gasteiger partial charge in [-0.2, -0.15) is 0 Å². The highest BCUT2D eigenvalue weighted by Crippen LogP contribution is 2.32. The summed E-state index contributed by atoms with van der Waals surface area (Å²) in [5, 5.41) is 0. The van der Waals surface area contributed by atoms with Gasteiger partial charge in [0.15, 0.2) is 0 Å². The molecule has 1 aromatic heterocycles. The number of methoxy groups -OCH3 is 1. The van der Waals surface area contributed by atoms with Crippen molar-refractivity contribution in [3.63, 3.8) is 0 Å². The number of fused-ring (bicyclic) bond motifs is 1. The number of amides is 1. The van der Waals surface area contributed by atoms with E-state index in [1.807, 2.05) is 6.07 Å². The summed E-state index contributed by atoms with van der Waals surface area (Å²) in [4.78, 5) is 29.6. The van der Waals surface area contributed by atoms with Crippen molar-refractivity contribution in [2.75, 3.05) is 57.9 Å². The Morgan fingerprint density at radius 2 is 1.90 bits per heavy atom. The van der Waals surface area contributed by atoms with Gasteiger partial charge in [0.25, 0.3) is 0 Å². The summed E-state index contributed by atoms with van der Waals surface area (Å²) in [5.74, 6) is 1.71. The molecule has 0 aliphatic carbocycles. The highest BCUT2D eigenvalue weighted by Gasteiger charge is 2.36. The molecule has 0 bridgehead atoms. The Bertz CT molecular complexity index is 686. The molecule has 7 nitrogen and oxygen atoms in total. The van der Waals surface area contributed by atoms with E-state index in [1.54, 1.807) is 19.5 Å². The van der Waals surface area contributed by atoms with E-state index < -0.39 is 0 Å². The third-order valence-electron chi connectivity index (χ3n) is 7.38. The summed E-state index contributed by atoms with van der Waals surface area (Å²) in [5.41, 5.74) is 0. The molecule has 172 valence electrons. The molecule has 0 saturated carbocycles. The van der Waals surface area contributed by atoms with Gasteiger partial charge in [0.2, 0.25) is 11.9 Å². The van der Waals surface area contributed by atoms with Crippen molar-refractivity contribution in [2.24, 2.45) is 11.8 Å². The Hall–Kier alpha value is -1.73. The summed E-state index contributed by atoms with van der Waals surface area (Å²) < 4.78 is 5.30. The largest absolute Gasteiger partial charge is 0.385 e. The molecule has 1 amide bonds. The second-order valence-corrected chi connectivity index (χ2v) is 9.47. The van der Waals surface area contributed by atoms with Crippen LogP contribution in [0.5, 0.6) is 0 Å². The van der Waals surface area contributed by atoms with Crippen molar-refractivity contribution >= 4 is 11.9 Å². The number of hydrogen-bond donors (Lipinski definition) is 0. The fourth-order valence-corrected chi connectivity index (χ4v) is 5.84. The van der Waals surface area contributed by atoms with Gasteiger partial charge in [-0.15, -0.1) is 0 Å². The third kappa shape index (κ3) is 5.75. The Kier molecular flexibility index (Phi) is 8.14. The second kappa shape index (κ2) is 11.2. The summed E-state index contributed by atoms with van der Waals surface area (Å²) in [6.07, 6.45) is 12.9. The minimum absolute atomic E-state index is 0.0335. The predicted molar refractivity (Wildman–Crippen MR) is 122 cm³/mol. The molecule has 3 aliphatic heterocycles. The van der Waals surface area contributed by atoms with E-state index in [1.165, 1.54) is 45.2 Å². The van der Waals surface area contributed by atoms with E-state index in [2.05, 4.69) is 24.7 Å². The van der Waals surface area contributed by atoms with Crippen molar-refractivity contribution in [1.29, 1.82) is 0 Å². The number of anilines is 1. The van der Waals surface area contributed by atoms with E-state index in [-0.39, 0.29) is 5.92 Å². The maximum Gasteiger partial charge on any atom is 0.227 e. The minimum atomic E-state index is 0.0335. The van der Waals surface area contributed by atoms with Crippen LogP contribution in [0.15, 0.2) is 18.5 Å². The van der Waals surface area contributed by atoms with Crippen LogP contribution in [0.25, 0.3) is 0 Å². The van der Waals surface area contributed by atoms with Crippen LogP contribution in [-0.4, -0.2) is 84.7 Å². The fraction of sp³-hybridized carbons (Fsp3) is 0.792. The van der Waals surface area contributed by atoms with Gasteiger partial charge in [0.1, 0.15) is 0 Å². The van der Waals surface area contributed by atoms with Gasteiger partial charge in [-0.05, 0) is 70.0 Å². The third-order valence-corrected chi connectivity index (χ3v) is 7.38. The average molecular weight is 430 g/mol. The van der Waals surface area contributed by atoms with E-state index in [4.69, 9.17) is 4.74 Å². The van der Waals surface area contributed by atoms with E-state index in [0.717, 1.165) is 51.4 Å². The SMILES string of the molecule is COCCCN(C[C@@H]1CCCN2CCCC[C@H]12)C(=O)[C@H]1CCCN(c2ncccn2)C1. The lowest BCUT2D eigenvalue weighted by molar-refractivity contribution is -0.137. The van der Waals surface area contributed by atoms with Crippen molar-refractivity contribution in [2.45, 2.75) is 57.4 Å². The quantitative estimate of drug-likeness (QED) is 0.592. The average Bonchev–Trinajstić information content (AvgIpc) is 2.84. The van der Waals surface area contributed by atoms with Gasteiger partial charge in [-0.3, -0.25) is 4.79 Å². The molecule has 3 saturated heterocycles. The van der Waals surface area contributed by atoms with Crippen molar-refractivity contribution in [1.82, 2.24) is 19.8 Å². The molecule has 31 heavy (non-hydrogen) atoms. The zero-order valence-corrected chi connectivity index (χ0v) is 19.1. The number of aromatic nitrogens is 2. The second-order valence-electron chi connectivity index (χ2n) is 9.47. The smallest absolute Gasteiger partial charge is 0.227 e. The van der Waals surface area contributed by atoms with Gasteiger partial charge in [0.05, 0.1) is 5.92 Å². The summed E-state index contributed by atoms with van der Waals surface area (Å²) in [6, 6.07) is 2.51. The van der Waals surface area contributed by atoms with Gasteiger partial charge in [0, 0.05) is 58.3 Å². The molecule has 3 fully saturated rings. The zero-order valence-electron chi connectivity index (χ0n) is 19.1. The predicted octanol–water partition coefficient (Wildman–Crippen LogP) is 2.82. The summed E-state index contributed by atoms with van der Waals surface area (Å²) in [7, 11) is 1.74. The number of nitrogens with zero attached hydrogens (tertiary/aromatic N) is 5. The first-order valence-corrected chi connectivity index (χ1v) is 12.3. The van der Waals surface area contributed by atoms with Crippen LogP contribution in [0.1, 0.15) is 51.4 Å². The number of carbonyl (C=O) groups excluding carboxylic acids is 1. The standard InChI is InChI=1S/C24H39N5O2/c1-31-17-7-16-28(18-20-8-4-14-27-13-3-2-10-22(20)27)23(30)21-9-5-15-29(19-21)24-25-11-6-12-26-24/h6,11-12,20-22H,2-5,7-10,13-19H2,1H3/t20-,21-,22+/m0/s1. The molecule has 0 N–H and O–H groups in total. The zero-order chi connectivity index (χ0) is 21.5. The van der Waals surface area contributed by atoms with E-state index in [0.29, 0.717) is 24.5 Å². The van der Waals surface area contributed by atoms with Gasteiger partial charge in [-0.1, -0.05) is 6.42 Å². The summed E-state index contributed by atoms with van der Waals surface area (Å²) in [6.45, 7) is 6.55. The highest BCUT2D eigenvalue weighted by molar-refractivity contribution is 5.79. The van der Waals surface area contributed by atoms with Crippen molar-refractivity contribution in [3.8, 4) is 0 Å². The van der Waals surface area contributed by atoms with Crippen LogP contribution in [0.3, 0.4) is 0 Å². The Labute approximate surface area is 187 Å². The number of carbonyl (C=O) groups is 1. The molecule has 4 heterocycles. The Balaban J connectivity index is 1.42. The number of piperidine rings is 3.